The van der Waals surface area contributed by atoms with E-state index in [0.717, 1.165) is 35.7 Å². The van der Waals surface area contributed by atoms with Crippen molar-refractivity contribution in [3.05, 3.63) is 65.4 Å². The maximum absolute atomic E-state index is 13.3. The van der Waals surface area contributed by atoms with E-state index in [1.165, 1.54) is 0 Å². The second kappa shape index (κ2) is 8.76. The monoisotopic (exact) mass is 440 g/mol. The van der Waals surface area contributed by atoms with Gasteiger partial charge in [-0.2, -0.15) is 5.10 Å². The standard InChI is InChI=1S/C22H28N6O2S/c1-4-28-14-20(15(2)26-28)31(29,30)27-19(16-8-6-5-7-9-16)12-18-13-21(23-3)25-22(24-18)17-10-11-17/h5-9,13-14,17,19,27H,4,10-12H2,1-3H3,(H,23,24,25)/t19-/m1/s1. The first kappa shape index (κ1) is 21.5. The summed E-state index contributed by atoms with van der Waals surface area (Å²) in [4.78, 5) is 9.51. The predicted molar refractivity (Wildman–Crippen MR) is 119 cm³/mol. The third-order valence-corrected chi connectivity index (χ3v) is 7.00. The predicted octanol–water partition coefficient (Wildman–Crippen LogP) is 3.18. The molecule has 1 aliphatic carbocycles. The molecule has 2 aromatic heterocycles. The van der Waals surface area contributed by atoms with E-state index < -0.39 is 16.1 Å². The molecule has 1 atom stereocenters. The van der Waals surface area contributed by atoms with Crippen molar-refractivity contribution in [3.63, 3.8) is 0 Å². The van der Waals surface area contributed by atoms with E-state index >= 15 is 0 Å². The minimum atomic E-state index is -3.77. The molecule has 164 valence electrons. The molecule has 31 heavy (non-hydrogen) atoms. The molecule has 0 aliphatic heterocycles. The van der Waals surface area contributed by atoms with Crippen molar-refractivity contribution in [1.29, 1.82) is 0 Å². The Labute approximate surface area is 183 Å². The molecule has 4 rings (SSSR count). The molecule has 1 aliphatic rings. The van der Waals surface area contributed by atoms with Crippen LogP contribution in [0, 0.1) is 6.92 Å². The molecular weight excluding hydrogens is 412 g/mol. The molecule has 1 fully saturated rings. The van der Waals surface area contributed by atoms with Crippen LogP contribution in [0.3, 0.4) is 0 Å². The van der Waals surface area contributed by atoms with Crippen LogP contribution in [0.4, 0.5) is 5.82 Å². The minimum absolute atomic E-state index is 0.201. The second-order valence-corrected chi connectivity index (χ2v) is 9.53. The van der Waals surface area contributed by atoms with Gasteiger partial charge in [0, 0.05) is 43.9 Å². The van der Waals surface area contributed by atoms with Gasteiger partial charge in [-0.05, 0) is 32.3 Å². The molecule has 0 amide bonds. The number of nitrogens with one attached hydrogen (secondary N) is 2. The van der Waals surface area contributed by atoms with Crippen LogP contribution in [-0.2, 0) is 23.0 Å². The van der Waals surface area contributed by atoms with Gasteiger partial charge in [0.25, 0.3) is 0 Å². The third-order valence-electron chi connectivity index (χ3n) is 5.42. The molecule has 0 radical (unpaired) electrons. The van der Waals surface area contributed by atoms with Gasteiger partial charge < -0.3 is 5.32 Å². The Morgan fingerprint density at radius 2 is 1.94 bits per heavy atom. The van der Waals surface area contributed by atoms with Crippen LogP contribution in [0.25, 0.3) is 0 Å². The highest BCUT2D eigenvalue weighted by Gasteiger charge is 2.29. The van der Waals surface area contributed by atoms with E-state index in [0.29, 0.717) is 24.6 Å². The number of hydrogen-bond donors (Lipinski definition) is 2. The van der Waals surface area contributed by atoms with E-state index in [2.05, 4.69) is 20.1 Å². The Hall–Kier alpha value is -2.78. The zero-order chi connectivity index (χ0) is 22.0. The highest BCUT2D eigenvalue weighted by Crippen LogP contribution is 2.38. The van der Waals surface area contributed by atoms with Crippen molar-refractivity contribution >= 4 is 15.8 Å². The van der Waals surface area contributed by atoms with Crippen LogP contribution in [0.5, 0.6) is 0 Å². The van der Waals surface area contributed by atoms with Gasteiger partial charge >= 0.3 is 0 Å². The average molecular weight is 441 g/mol. The van der Waals surface area contributed by atoms with Gasteiger partial charge in [-0.25, -0.2) is 23.1 Å². The molecule has 2 heterocycles. The molecule has 0 bridgehead atoms. The number of aryl methyl sites for hydroxylation is 2. The summed E-state index contributed by atoms with van der Waals surface area (Å²) in [7, 11) is -1.94. The van der Waals surface area contributed by atoms with Crippen molar-refractivity contribution in [2.75, 3.05) is 12.4 Å². The zero-order valence-electron chi connectivity index (χ0n) is 18.0. The lowest BCUT2D eigenvalue weighted by Crippen LogP contribution is -2.30. The molecule has 8 nitrogen and oxygen atoms in total. The SMILES string of the molecule is CCn1cc(S(=O)(=O)N[C@H](Cc2cc(NC)nc(C3CC3)n2)c2ccccc2)c(C)n1. The van der Waals surface area contributed by atoms with Gasteiger partial charge in [0.1, 0.15) is 16.5 Å². The van der Waals surface area contributed by atoms with Crippen molar-refractivity contribution in [2.24, 2.45) is 0 Å². The Bertz CT molecular complexity index is 1160. The van der Waals surface area contributed by atoms with Crippen LogP contribution >= 0.6 is 0 Å². The number of sulfonamides is 1. The second-order valence-electron chi connectivity index (χ2n) is 7.85. The first-order valence-electron chi connectivity index (χ1n) is 10.6. The summed E-state index contributed by atoms with van der Waals surface area (Å²) in [5.41, 5.74) is 2.17. The first-order chi connectivity index (χ1) is 14.9. The van der Waals surface area contributed by atoms with E-state index in [1.807, 2.05) is 50.4 Å². The van der Waals surface area contributed by atoms with Gasteiger partial charge in [0.15, 0.2) is 0 Å². The third kappa shape index (κ3) is 4.94. The normalized spacial score (nSPS) is 15.1. The number of benzene rings is 1. The molecule has 3 aromatic rings. The van der Waals surface area contributed by atoms with Crippen molar-refractivity contribution in [2.45, 2.75) is 56.5 Å². The van der Waals surface area contributed by atoms with Gasteiger partial charge in [0.05, 0.1) is 11.7 Å². The molecular formula is C22H28N6O2S. The summed E-state index contributed by atoms with van der Waals surface area (Å²) in [6.45, 7) is 4.24. The van der Waals surface area contributed by atoms with E-state index in [1.54, 1.807) is 17.8 Å². The molecule has 0 unspecified atom stereocenters. The fourth-order valence-electron chi connectivity index (χ4n) is 3.57. The van der Waals surface area contributed by atoms with E-state index in [4.69, 9.17) is 4.98 Å². The Morgan fingerprint density at radius 1 is 1.19 bits per heavy atom. The van der Waals surface area contributed by atoms with Gasteiger partial charge in [0.2, 0.25) is 10.0 Å². The fourth-order valence-corrected chi connectivity index (χ4v) is 4.98. The van der Waals surface area contributed by atoms with Crippen LogP contribution in [0.15, 0.2) is 47.5 Å². The number of anilines is 1. The summed E-state index contributed by atoms with van der Waals surface area (Å²) in [6.07, 6.45) is 4.19. The van der Waals surface area contributed by atoms with Gasteiger partial charge in [-0.15, -0.1) is 0 Å². The topological polar surface area (TPSA) is 102 Å². The zero-order valence-corrected chi connectivity index (χ0v) is 18.9. The van der Waals surface area contributed by atoms with Crippen LogP contribution in [0.1, 0.15) is 54.5 Å². The van der Waals surface area contributed by atoms with Crippen molar-refractivity contribution in [1.82, 2.24) is 24.5 Å². The lowest BCUT2D eigenvalue weighted by Gasteiger charge is -2.19. The van der Waals surface area contributed by atoms with Crippen LogP contribution in [-0.4, -0.2) is 35.2 Å². The van der Waals surface area contributed by atoms with Crippen molar-refractivity contribution in [3.8, 4) is 0 Å². The average Bonchev–Trinajstić information content (AvgIpc) is 3.55. The maximum atomic E-state index is 13.3. The van der Waals surface area contributed by atoms with E-state index in [-0.39, 0.29) is 4.90 Å². The van der Waals surface area contributed by atoms with E-state index in [9.17, 15) is 8.42 Å². The summed E-state index contributed by atoms with van der Waals surface area (Å²) >= 11 is 0. The maximum Gasteiger partial charge on any atom is 0.244 e. The lowest BCUT2D eigenvalue weighted by atomic mass is 10.0. The first-order valence-corrected chi connectivity index (χ1v) is 12.0. The molecule has 0 spiro atoms. The van der Waals surface area contributed by atoms with Gasteiger partial charge in [-0.3, -0.25) is 4.68 Å². The fraction of sp³-hybridized carbons (Fsp3) is 0.409. The number of rotatable bonds is 9. The summed E-state index contributed by atoms with van der Waals surface area (Å²) in [6, 6.07) is 11.0. The van der Waals surface area contributed by atoms with Gasteiger partial charge in [-0.1, -0.05) is 30.3 Å². The Morgan fingerprint density at radius 3 is 2.55 bits per heavy atom. The molecule has 9 heteroatoms. The molecule has 1 saturated carbocycles. The quantitative estimate of drug-likeness (QED) is 0.530. The highest BCUT2D eigenvalue weighted by molar-refractivity contribution is 7.89. The smallest absolute Gasteiger partial charge is 0.244 e. The number of nitrogens with zero attached hydrogens (tertiary/aromatic N) is 4. The molecule has 2 N–H and O–H groups in total. The Balaban J connectivity index is 1.67. The molecule has 1 aromatic carbocycles. The van der Waals surface area contributed by atoms with Crippen LogP contribution < -0.4 is 10.0 Å². The number of aromatic nitrogens is 4. The number of hydrogen-bond acceptors (Lipinski definition) is 6. The van der Waals surface area contributed by atoms with Crippen molar-refractivity contribution < 1.29 is 8.42 Å². The summed E-state index contributed by atoms with van der Waals surface area (Å²) < 4.78 is 31.0. The molecule has 0 saturated heterocycles. The summed E-state index contributed by atoms with van der Waals surface area (Å²) in [5, 5.41) is 7.38. The Kier molecular flexibility index (Phi) is 6.06. The van der Waals surface area contributed by atoms with Crippen LogP contribution in [0.2, 0.25) is 0 Å². The highest BCUT2D eigenvalue weighted by atomic mass is 32.2. The summed E-state index contributed by atoms with van der Waals surface area (Å²) in [5.74, 6) is 1.99. The minimum Gasteiger partial charge on any atom is -0.373 e. The lowest BCUT2D eigenvalue weighted by molar-refractivity contribution is 0.551. The largest absolute Gasteiger partial charge is 0.373 e.